The van der Waals surface area contributed by atoms with Crippen molar-refractivity contribution in [2.45, 2.75) is 6.92 Å². The van der Waals surface area contributed by atoms with Crippen LogP contribution in [0.1, 0.15) is 6.92 Å². The molecule has 1 aromatic heterocycles. The fourth-order valence-corrected chi connectivity index (χ4v) is 0.883. The predicted octanol–water partition coefficient (Wildman–Crippen LogP) is 1.88. The predicted molar refractivity (Wildman–Crippen MR) is 51.9 cm³/mol. The summed E-state index contributed by atoms with van der Waals surface area (Å²) >= 11 is 5.62. The summed E-state index contributed by atoms with van der Waals surface area (Å²) < 4.78 is 0. The highest BCUT2D eigenvalue weighted by Gasteiger charge is 1.99. The summed E-state index contributed by atoms with van der Waals surface area (Å²) in [5.41, 5.74) is 0. The Morgan fingerprint density at radius 1 is 1.62 bits per heavy atom. The van der Waals surface area contributed by atoms with Gasteiger partial charge in [-0.1, -0.05) is 11.6 Å². The molecule has 0 atom stereocenters. The maximum absolute atomic E-state index is 11.0. The lowest BCUT2D eigenvalue weighted by molar-refractivity contribution is 0.252. The Morgan fingerprint density at radius 2 is 2.38 bits per heavy atom. The van der Waals surface area contributed by atoms with Crippen LogP contribution in [0.15, 0.2) is 18.3 Å². The van der Waals surface area contributed by atoms with E-state index in [4.69, 9.17) is 11.6 Å². The summed E-state index contributed by atoms with van der Waals surface area (Å²) in [4.78, 5) is 14.9. The van der Waals surface area contributed by atoms with Gasteiger partial charge < -0.3 is 5.32 Å². The van der Waals surface area contributed by atoms with Gasteiger partial charge in [0, 0.05) is 12.7 Å². The lowest BCUT2D eigenvalue weighted by atomic mass is 10.4. The Hall–Kier alpha value is -1.29. The number of urea groups is 1. The fourth-order valence-electron chi connectivity index (χ4n) is 0.771. The van der Waals surface area contributed by atoms with Crippen molar-refractivity contribution in [2.75, 3.05) is 11.9 Å². The number of hydrogen-bond acceptors (Lipinski definition) is 2. The minimum atomic E-state index is -0.266. The standard InChI is InChI=1S/C8H10ClN3O/c1-2-10-8(13)12-7-4-3-6(9)5-11-7/h3-5H,2H2,1H3,(H2,10,11,12,13). The van der Waals surface area contributed by atoms with Crippen molar-refractivity contribution in [1.82, 2.24) is 10.3 Å². The molecule has 0 aliphatic heterocycles. The lowest BCUT2D eigenvalue weighted by Gasteiger charge is -2.03. The summed E-state index contributed by atoms with van der Waals surface area (Å²) in [6, 6.07) is 3.03. The van der Waals surface area contributed by atoms with E-state index >= 15 is 0 Å². The molecule has 5 heteroatoms. The molecular formula is C8H10ClN3O. The third kappa shape index (κ3) is 3.29. The molecule has 0 spiro atoms. The minimum Gasteiger partial charge on any atom is -0.338 e. The van der Waals surface area contributed by atoms with Crippen molar-refractivity contribution >= 4 is 23.4 Å². The zero-order valence-electron chi connectivity index (χ0n) is 7.17. The van der Waals surface area contributed by atoms with Crippen LogP contribution < -0.4 is 10.6 Å². The van der Waals surface area contributed by atoms with Crippen molar-refractivity contribution in [2.24, 2.45) is 0 Å². The molecule has 0 radical (unpaired) electrons. The van der Waals surface area contributed by atoms with Crippen LogP contribution in [-0.2, 0) is 0 Å². The molecule has 0 bridgehead atoms. The number of nitrogens with one attached hydrogen (secondary N) is 2. The first-order valence-corrected chi connectivity index (χ1v) is 4.26. The van der Waals surface area contributed by atoms with E-state index in [1.165, 1.54) is 6.20 Å². The molecule has 1 aromatic rings. The molecule has 0 saturated carbocycles. The number of nitrogens with zero attached hydrogens (tertiary/aromatic N) is 1. The highest BCUT2D eigenvalue weighted by atomic mass is 35.5. The Labute approximate surface area is 81.3 Å². The van der Waals surface area contributed by atoms with E-state index in [9.17, 15) is 4.79 Å². The molecule has 4 nitrogen and oxygen atoms in total. The average Bonchev–Trinajstić information content (AvgIpc) is 2.09. The molecule has 1 rings (SSSR count). The molecule has 1 heterocycles. The smallest absolute Gasteiger partial charge is 0.320 e. The van der Waals surface area contributed by atoms with Gasteiger partial charge in [0.05, 0.1) is 5.02 Å². The van der Waals surface area contributed by atoms with Crippen molar-refractivity contribution < 1.29 is 4.79 Å². The van der Waals surface area contributed by atoms with E-state index in [2.05, 4.69) is 15.6 Å². The normalized spacial score (nSPS) is 9.38. The Kier molecular flexibility index (Phi) is 3.52. The van der Waals surface area contributed by atoms with Crippen LogP contribution >= 0.6 is 11.6 Å². The van der Waals surface area contributed by atoms with Gasteiger partial charge in [-0.3, -0.25) is 5.32 Å². The summed E-state index contributed by atoms with van der Waals surface area (Å²) in [6.07, 6.45) is 1.48. The topological polar surface area (TPSA) is 54.0 Å². The second-order valence-electron chi connectivity index (χ2n) is 2.35. The second-order valence-corrected chi connectivity index (χ2v) is 2.78. The van der Waals surface area contributed by atoms with Crippen LogP contribution in [0.5, 0.6) is 0 Å². The summed E-state index contributed by atoms with van der Waals surface area (Å²) in [7, 11) is 0. The molecule has 0 unspecified atom stereocenters. The molecular weight excluding hydrogens is 190 g/mol. The third-order valence-electron chi connectivity index (χ3n) is 1.31. The van der Waals surface area contributed by atoms with Crippen molar-refractivity contribution in [1.29, 1.82) is 0 Å². The van der Waals surface area contributed by atoms with Gasteiger partial charge in [-0.25, -0.2) is 9.78 Å². The van der Waals surface area contributed by atoms with E-state index in [-0.39, 0.29) is 6.03 Å². The number of aromatic nitrogens is 1. The monoisotopic (exact) mass is 199 g/mol. The first-order chi connectivity index (χ1) is 6.22. The van der Waals surface area contributed by atoms with Crippen LogP contribution in [0.25, 0.3) is 0 Å². The number of amides is 2. The molecule has 13 heavy (non-hydrogen) atoms. The quantitative estimate of drug-likeness (QED) is 0.764. The van der Waals surface area contributed by atoms with Gasteiger partial charge in [-0.15, -0.1) is 0 Å². The van der Waals surface area contributed by atoms with E-state index in [1.807, 2.05) is 6.92 Å². The molecule has 0 aromatic carbocycles. The molecule has 70 valence electrons. The number of anilines is 1. The maximum atomic E-state index is 11.0. The second kappa shape index (κ2) is 4.67. The zero-order valence-corrected chi connectivity index (χ0v) is 7.93. The van der Waals surface area contributed by atoms with Crippen molar-refractivity contribution in [3.05, 3.63) is 23.4 Å². The highest BCUT2D eigenvalue weighted by Crippen LogP contribution is 2.08. The van der Waals surface area contributed by atoms with E-state index in [0.717, 1.165) is 0 Å². The van der Waals surface area contributed by atoms with Crippen molar-refractivity contribution in [3.63, 3.8) is 0 Å². The lowest BCUT2D eigenvalue weighted by Crippen LogP contribution is -2.28. The summed E-state index contributed by atoms with van der Waals surface area (Å²) in [5.74, 6) is 0.482. The minimum absolute atomic E-state index is 0.266. The van der Waals surface area contributed by atoms with Gasteiger partial charge in [0.25, 0.3) is 0 Å². The molecule has 0 aliphatic carbocycles. The van der Waals surface area contributed by atoms with Gasteiger partial charge in [-0.2, -0.15) is 0 Å². The number of carbonyl (C=O) groups is 1. The zero-order chi connectivity index (χ0) is 9.68. The number of rotatable bonds is 2. The molecule has 0 aliphatic rings. The van der Waals surface area contributed by atoms with Crippen LogP contribution in [0.2, 0.25) is 5.02 Å². The molecule has 0 fully saturated rings. The van der Waals surface area contributed by atoms with Crippen molar-refractivity contribution in [3.8, 4) is 0 Å². The Morgan fingerprint density at radius 3 is 2.92 bits per heavy atom. The Balaban J connectivity index is 2.54. The van der Waals surface area contributed by atoms with Gasteiger partial charge in [0.15, 0.2) is 0 Å². The van der Waals surface area contributed by atoms with Gasteiger partial charge in [-0.05, 0) is 19.1 Å². The van der Waals surface area contributed by atoms with E-state index < -0.39 is 0 Å². The average molecular weight is 200 g/mol. The summed E-state index contributed by atoms with van der Waals surface area (Å²) in [6.45, 7) is 2.42. The molecule has 2 amide bonds. The maximum Gasteiger partial charge on any atom is 0.320 e. The van der Waals surface area contributed by atoms with Crippen LogP contribution in [-0.4, -0.2) is 17.6 Å². The van der Waals surface area contributed by atoms with Gasteiger partial charge >= 0.3 is 6.03 Å². The number of hydrogen-bond donors (Lipinski definition) is 2. The van der Waals surface area contributed by atoms with Crippen LogP contribution in [0.4, 0.5) is 10.6 Å². The third-order valence-corrected chi connectivity index (χ3v) is 1.53. The van der Waals surface area contributed by atoms with Gasteiger partial charge in [0.2, 0.25) is 0 Å². The Bertz CT molecular complexity index is 286. The number of carbonyl (C=O) groups excluding carboxylic acids is 1. The fraction of sp³-hybridized carbons (Fsp3) is 0.250. The van der Waals surface area contributed by atoms with Crippen LogP contribution in [0.3, 0.4) is 0 Å². The highest BCUT2D eigenvalue weighted by molar-refractivity contribution is 6.30. The summed E-state index contributed by atoms with van der Waals surface area (Å²) in [5, 5.41) is 5.68. The van der Waals surface area contributed by atoms with E-state index in [1.54, 1.807) is 12.1 Å². The van der Waals surface area contributed by atoms with Crippen LogP contribution in [0, 0.1) is 0 Å². The molecule has 2 N–H and O–H groups in total. The SMILES string of the molecule is CCNC(=O)Nc1ccc(Cl)cn1. The van der Waals surface area contributed by atoms with E-state index in [0.29, 0.717) is 17.4 Å². The number of pyridine rings is 1. The first kappa shape index (κ1) is 9.80. The van der Waals surface area contributed by atoms with Gasteiger partial charge in [0.1, 0.15) is 5.82 Å². The first-order valence-electron chi connectivity index (χ1n) is 3.88. The number of halogens is 1. The largest absolute Gasteiger partial charge is 0.338 e. The molecule has 0 saturated heterocycles.